The molecule has 4 nitrogen and oxygen atoms in total. The van der Waals surface area contributed by atoms with Gasteiger partial charge in [-0.05, 0) is 35.6 Å². The molecule has 0 saturated carbocycles. The first-order valence-electron chi connectivity index (χ1n) is 6.42. The highest BCUT2D eigenvalue weighted by atomic mass is 32.1. The van der Waals surface area contributed by atoms with Crippen LogP contribution in [-0.4, -0.2) is 24.6 Å². The van der Waals surface area contributed by atoms with Crippen LogP contribution in [0.25, 0.3) is 0 Å². The third-order valence-corrected chi connectivity index (χ3v) is 4.28. The molecule has 1 amide bonds. The van der Waals surface area contributed by atoms with Gasteiger partial charge in [-0.15, -0.1) is 11.3 Å². The molecular weight excluding hydrogens is 274 g/mol. The van der Waals surface area contributed by atoms with Gasteiger partial charge < -0.3 is 14.4 Å². The van der Waals surface area contributed by atoms with E-state index in [9.17, 15) is 4.79 Å². The molecule has 0 radical (unpaired) electrons. The third kappa shape index (κ3) is 2.63. The molecule has 0 N–H and O–H groups in total. The molecule has 2 heterocycles. The molecule has 20 heavy (non-hydrogen) atoms. The molecule has 3 rings (SSSR count). The lowest BCUT2D eigenvalue weighted by Gasteiger charge is -2.26. The summed E-state index contributed by atoms with van der Waals surface area (Å²) in [6, 6.07) is 9.20. The van der Waals surface area contributed by atoms with Crippen LogP contribution < -0.4 is 9.47 Å². The number of amides is 1. The predicted octanol–water partition coefficient (Wildman–Crippen LogP) is 3.31. The largest absolute Gasteiger partial charge is 0.497 e. The van der Waals surface area contributed by atoms with Crippen LogP contribution in [0, 0.1) is 0 Å². The average Bonchev–Trinajstić information content (AvgIpc) is 2.94. The standard InChI is InChI=1S/C15H15NO3S/c1-18-12-3-2-4-13(9-12)19-15(17)16-7-5-11-6-8-20-14(11)10-16/h2-4,6,8-9H,5,7,10H2,1H3. The van der Waals surface area contributed by atoms with E-state index in [1.165, 1.54) is 10.4 Å². The van der Waals surface area contributed by atoms with Crippen molar-refractivity contribution in [2.75, 3.05) is 13.7 Å². The number of carbonyl (C=O) groups excluding carboxylic acids is 1. The molecule has 0 atom stereocenters. The fourth-order valence-electron chi connectivity index (χ4n) is 2.22. The quantitative estimate of drug-likeness (QED) is 0.851. The fraction of sp³-hybridized carbons (Fsp3) is 0.267. The highest BCUT2D eigenvalue weighted by Gasteiger charge is 2.23. The van der Waals surface area contributed by atoms with Gasteiger partial charge in [-0.1, -0.05) is 6.07 Å². The van der Waals surface area contributed by atoms with Crippen molar-refractivity contribution in [3.05, 3.63) is 46.2 Å². The fourth-order valence-corrected chi connectivity index (χ4v) is 3.17. The number of nitrogens with zero attached hydrogens (tertiary/aromatic N) is 1. The lowest BCUT2D eigenvalue weighted by Crippen LogP contribution is -2.37. The van der Waals surface area contributed by atoms with Gasteiger partial charge in [0.15, 0.2) is 0 Å². The van der Waals surface area contributed by atoms with Crippen LogP contribution in [0.4, 0.5) is 4.79 Å². The van der Waals surface area contributed by atoms with E-state index >= 15 is 0 Å². The molecule has 1 aromatic heterocycles. The lowest BCUT2D eigenvalue weighted by molar-refractivity contribution is 0.147. The number of hydrogen-bond acceptors (Lipinski definition) is 4. The summed E-state index contributed by atoms with van der Waals surface area (Å²) in [4.78, 5) is 15.1. The zero-order chi connectivity index (χ0) is 13.9. The first-order valence-corrected chi connectivity index (χ1v) is 7.30. The summed E-state index contributed by atoms with van der Waals surface area (Å²) >= 11 is 1.69. The predicted molar refractivity (Wildman–Crippen MR) is 77.5 cm³/mol. The maximum absolute atomic E-state index is 12.2. The van der Waals surface area contributed by atoms with E-state index in [1.54, 1.807) is 41.5 Å². The molecule has 0 unspecified atom stereocenters. The summed E-state index contributed by atoms with van der Waals surface area (Å²) in [6.07, 6.45) is 0.587. The van der Waals surface area contributed by atoms with Crippen LogP contribution in [0.1, 0.15) is 10.4 Å². The Balaban J connectivity index is 1.68. The Bertz CT molecular complexity index is 623. The minimum Gasteiger partial charge on any atom is -0.497 e. The number of thiophene rings is 1. The van der Waals surface area contributed by atoms with Crippen molar-refractivity contribution >= 4 is 17.4 Å². The Hall–Kier alpha value is -2.01. The number of hydrogen-bond donors (Lipinski definition) is 0. The van der Waals surface area contributed by atoms with Gasteiger partial charge in [0.2, 0.25) is 0 Å². The summed E-state index contributed by atoms with van der Waals surface area (Å²) in [5, 5.41) is 2.07. The van der Waals surface area contributed by atoms with Crippen LogP contribution >= 0.6 is 11.3 Å². The topological polar surface area (TPSA) is 38.8 Å². The zero-order valence-electron chi connectivity index (χ0n) is 11.2. The molecule has 0 saturated heterocycles. The number of rotatable bonds is 2. The maximum Gasteiger partial charge on any atom is 0.415 e. The molecule has 0 aliphatic carbocycles. The Kier molecular flexibility index (Phi) is 3.60. The van der Waals surface area contributed by atoms with Gasteiger partial charge in [0.05, 0.1) is 13.7 Å². The number of fused-ring (bicyclic) bond motifs is 1. The van der Waals surface area contributed by atoms with E-state index in [1.807, 2.05) is 6.07 Å². The van der Waals surface area contributed by atoms with Crippen molar-refractivity contribution < 1.29 is 14.3 Å². The van der Waals surface area contributed by atoms with Crippen molar-refractivity contribution in [3.63, 3.8) is 0 Å². The SMILES string of the molecule is COc1cccc(OC(=O)N2CCc3ccsc3C2)c1. The molecule has 0 spiro atoms. The van der Waals surface area contributed by atoms with E-state index in [0.29, 0.717) is 24.6 Å². The summed E-state index contributed by atoms with van der Waals surface area (Å²) in [5.41, 5.74) is 1.35. The minimum absolute atomic E-state index is 0.308. The van der Waals surface area contributed by atoms with E-state index in [0.717, 1.165) is 6.42 Å². The van der Waals surface area contributed by atoms with Gasteiger partial charge in [0, 0.05) is 17.5 Å². The van der Waals surface area contributed by atoms with E-state index in [4.69, 9.17) is 9.47 Å². The molecular formula is C15H15NO3S. The Morgan fingerprint density at radius 1 is 1.30 bits per heavy atom. The van der Waals surface area contributed by atoms with Gasteiger partial charge >= 0.3 is 6.09 Å². The van der Waals surface area contributed by atoms with E-state index < -0.39 is 0 Å². The number of ether oxygens (including phenoxy) is 2. The maximum atomic E-state index is 12.2. The summed E-state index contributed by atoms with van der Waals surface area (Å²) in [7, 11) is 1.59. The summed E-state index contributed by atoms with van der Waals surface area (Å²) in [6.45, 7) is 1.34. The highest BCUT2D eigenvalue weighted by Crippen LogP contribution is 2.25. The van der Waals surface area contributed by atoms with Crippen LogP contribution in [0.15, 0.2) is 35.7 Å². The van der Waals surface area contributed by atoms with Gasteiger partial charge in [-0.2, -0.15) is 0 Å². The molecule has 1 aliphatic rings. The third-order valence-electron chi connectivity index (χ3n) is 3.33. The van der Waals surface area contributed by atoms with Crippen LogP contribution in [0.2, 0.25) is 0 Å². The molecule has 0 bridgehead atoms. The smallest absolute Gasteiger partial charge is 0.415 e. The second-order valence-electron chi connectivity index (χ2n) is 4.59. The van der Waals surface area contributed by atoms with Crippen molar-refractivity contribution in [3.8, 4) is 11.5 Å². The second kappa shape index (κ2) is 5.54. The van der Waals surface area contributed by atoms with Gasteiger partial charge in [0.25, 0.3) is 0 Å². The second-order valence-corrected chi connectivity index (χ2v) is 5.59. The van der Waals surface area contributed by atoms with Crippen LogP contribution in [-0.2, 0) is 13.0 Å². The summed E-state index contributed by atoms with van der Waals surface area (Å²) < 4.78 is 10.5. The Morgan fingerprint density at radius 3 is 3.00 bits per heavy atom. The van der Waals surface area contributed by atoms with Crippen molar-refractivity contribution in [1.29, 1.82) is 0 Å². The Morgan fingerprint density at radius 2 is 2.15 bits per heavy atom. The zero-order valence-corrected chi connectivity index (χ0v) is 12.0. The molecule has 1 aromatic carbocycles. The lowest BCUT2D eigenvalue weighted by atomic mass is 10.1. The normalized spacial score (nSPS) is 13.8. The van der Waals surface area contributed by atoms with Crippen molar-refractivity contribution in [2.45, 2.75) is 13.0 Å². The molecule has 104 valence electrons. The molecule has 1 aliphatic heterocycles. The van der Waals surface area contributed by atoms with E-state index in [2.05, 4.69) is 11.4 Å². The van der Waals surface area contributed by atoms with Gasteiger partial charge in [0.1, 0.15) is 11.5 Å². The van der Waals surface area contributed by atoms with Gasteiger partial charge in [-0.25, -0.2) is 4.79 Å². The minimum atomic E-state index is -0.308. The monoisotopic (exact) mass is 289 g/mol. The highest BCUT2D eigenvalue weighted by molar-refractivity contribution is 7.10. The number of methoxy groups -OCH3 is 1. The molecule has 2 aromatic rings. The van der Waals surface area contributed by atoms with E-state index in [-0.39, 0.29) is 6.09 Å². The molecule has 5 heteroatoms. The molecule has 0 fully saturated rings. The van der Waals surface area contributed by atoms with Crippen LogP contribution in [0.3, 0.4) is 0 Å². The average molecular weight is 289 g/mol. The van der Waals surface area contributed by atoms with Gasteiger partial charge in [-0.3, -0.25) is 0 Å². The number of benzene rings is 1. The number of carbonyl (C=O) groups is 1. The van der Waals surface area contributed by atoms with Crippen molar-refractivity contribution in [1.82, 2.24) is 4.90 Å². The summed E-state index contributed by atoms with van der Waals surface area (Å²) in [5.74, 6) is 1.18. The first kappa shape index (κ1) is 13.0. The first-order chi connectivity index (χ1) is 9.76. The van der Waals surface area contributed by atoms with Crippen molar-refractivity contribution in [2.24, 2.45) is 0 Å². The Labute approximate surface area is 121 Å². The van der Waals surface area contributed by atoms with Crippen LogP contribution in [0.5, 0.6) is 11.5 Å².